The number of hydrogen-bond donors (Lipinski definition) is 1. The van der Waals surface area contributed by atoms with Crippen molar-refractivity contribution in [2.24, 2.45) is 5.73 Å². The second kappa shape index (κ2) is 5.19. The zero-order valence-electron chi connectivity index (χ0n) is 10.4. The van der Waals surface area contributed by atoms with Gasteiger partial charge in [0.05, 0.1) is 0 Å². The number of halogens is 1. The van der Waals surface area contributed by atoms with Gasteiger partial charge in [-0.3, -0.25) is 0 Å². The predicted molar refractivity (Wildman–Crippen MR) is 71.7 cm³/mol. The Hall–Kier alpha value is -0.540. The van der Waals surface area contributed by atoms with E-state index in [1.165, 1.54) is 0 Å². The van der Waals surface area contributed by atoms with Gasteiger partial charge in [0.15, 0.2) is 0 Å². The summed E-state index contributed by atoms with van der Waals surface area (Å²) in [6.07, 6.45) is 0.972. The first-order chi connectivity index (χ1) is 7.35. The Labute approximate surface area is 106 Å². The first kappa shape index (κ1) is 13.5. The van der Waals surface area contributed by atoms with Gasteiger partial charge in [-0.25, -0.2) is 0 Å². The molecule has 0 saturated carbocycles. The molecule has 0 aromatic heterocycles. The minimum Gasteiger partial charge on any atom is -0.488 e. The molecule has 1 atom stereocenters. The minimum absolute atomic E-state index is 0.0302. The molecular formula is C13H20BrNO. The van der Waals surface area contributed by atoms with Gasteiger partial charge in [-0.15, -0.1) is 0 Å². The summed E-state index contributed by atoms with van der Waals surface area (Å²) >= 11 is 3.52. The molecule has 0 radical (unpaired) electrons. The average Bonchev–Trinajstić information content (AvgIpc) is 2.16. The molecule has 0 aliphatic carbocycles. The molecule has 0 heterocycles. The van der Waals surface area contributed by atoms with Crippen LogP contribution in [-0.2, 0) is 0 Å². The van der Waals surface area contributed by atoms with Crippen molar-refractivity contribution in [3.8, 4) is 5.75 Å². The zero-order valence-corrected chi connectivity index (χ0v) is 12.0. The zero-order chi connectivity index (χ0) is 12.3. The minimum atomic E-state index is -0.130. The molecular weight excluding hydrogens is 266 g/mol. The van der Waals surface area contributed by atoms with Crippen LogP contribution in [0.15, 0.2) is 22.7 Å². The van der Waals surface area contributed by atoms with E-state index in [1.807, 2.05) is 25.1 Å². The Balaban J connectivity index is 2.90. The normalized spacial score (nSPS) is 13.6. The summed E-state index contributed by atoms with van der Waals surface area (Å²) in [6.45, 7) is 8.25. The largest absolute Gasteiger partial charge is 0.488 e. The van der Waals surface area contributed by atoms with Crippen molar-refractivity contribution in [3.63, 3.8) is 0 Å². The van der Waals surface area contributed by atoms with Gasteiger partial charge >= 0.3 is 0 Å². The average molecular weight is 286 g/mol. The monoisotopic (exact) mass is 285 g/mol. The van der Waals surface area contributed by atoms with Crippen molar-refractivity contribution >= 4 is 15.9 Å². The van der Waals surface area contributed by atoms with Crippen molar-refractivity contribution in [1.29, 1.82) is 0 Å². The molecule has 0 spiro atoms. The van der Waals surface area contributed by atoms with E-state index >= 15 is 0 Å². The number of nitrogens with two attached hydrogens (primary N) is 1. The third-order valence-corrected chi connectivity index (χ3v) is 3.39. The van der Waals surface area contributed by atoms with Crippen LogP contribution in [0.25, 0.3) is 0 Å². The van der Waals surface area contributed by atoms with Gasteiger partial charge < -0.3 is 10.5 Å². The van der Waals surface area contributed by atoms with Gasteiger partial charge in [-0.05, 0) is 44.9 Å². The quantitative estimate of drug-likeness (QED) is 0.906. The molecule has 2 N–H and O–H groups in total. The lowest BCUT2D eigenvalue weighted by Crippen LogP contribution is -2.26. The molecule has 0 bridgehead atoms. The van der Waals surface area contributed by atoms with Crippen LogP contribution in [0, 0.1) is 0 Å². The van der Waals surface area contributed by atoms with Crippen LogP contribution in [0.5, 0.6) is 5.75 Å². The lowest BCUT2D eigenvalue weighted by atomic mass is 10.1. The van der Waals surface area contributed by atoms with Crippen molar-refractivity contribution in [2.75, 3.05) is 0 Å². The smallest absolute Gasteiger partial charge is 0.121 e. The highest BCUT2D eigenvalue weighted by Crippen LogP contribution is 2.29. The summed E-state index contributed by atoms with van der Waals surface area (Å²) in [4.78, 5) is 0. The molecule has 16 heavy (non-hydrogen) atoms. The van der Waals surface area contributed by atoms with Crippen LogP contribution >= 0.6 is 15.9 Å². The van der Waals surface area contributed by atoms with Gasteiger partial charge in [-0.1, -0.05) is 28.9 Å². The number of rotatable bonds is 4. The number of hydrogen-bond acceptors (Lipinski definition) is 2. The molecule has 90 valence electrons. The Morgan fingerprint density at radius 2 is 2.06 bits per heavy atom. The highest BCUT2D eigenvalue weighted by molar-refractivity contribution is 9.10. The SMILES string of the molecule is CCC(C)(C)Oc1ccc([C@@H](C)N)c(Br)c1. The third-order valence-electron chi connectivity index (χ3n) is 2.71. The third kappa shape index (κ3) is 3.49. The van der Waals surface area contributed by atoms with E-state index in [4.69, 9.17) is 10.5 Å². The van der Waals surface area contributed by atoms with Gasteiger partial charge in [0, 0.05) is 10.5 Å². The number of ether oxygens (including phenoxy) is 1. The van der Waals surface area contributed by atoms with Crippen LogP contribution < -0.4 is 10.5 Å². The van der Waals surface area contributed by atoms with Crippen molar-refractivity contribution in [3.05, 3.63) is 28.2 Å². The van der Waals surface area contributed by atoms with Crippen LogP contribution in [0.3, 0.4) is 0 Å². The summed E-state index contributed by atoms with van der Waals surface area (Å²) in [5.41, 5.74) is 6.82. The summed E-state index contributed by atoms with van der Waals surface area (Å²) in [6, 6.07) is 6.00. The molecule has 0 aliphatic rings. The molecule has 3 heteroatoms. The molecule has 2 nitrogen and oxygen atoms in total. The van der Waals surface area contributed by atoms with E-state index in [-0.39, 0.29) is 11.6 Å². The second-order valence-corrected chi connectivity index (χ2v) is 5.54. The Morgan fingerprint density at radius 1 is 1.44 bits per heavy atom. The van der Waals surface area contributed by atoms with Crippen molar-refractivity contribution in [2.45, 2.75) is 45.8 Å². The predicted octanol–water partition coefficient (Wildman–Crippen LogP) is 4.04. The summed E-state index contributed by atoms with van der Waals surface area (Å²) in [7, 11) is 0. The van der Waals surface area contributed by atoms with Gasteiger partial charge in [-0.2, -0.15) is 0 Å². The molecule has 1 aromatic carbocycles. The van der Waals surface area contributed by atoms with E-state index in [1.54, 1.807) is 0 Å². The Kier molecular flexibility index (Phi) is 4.39. The summed E-state index contributed by atoms with van der Waals surface area (Å²) < 4.78 is 6.90. The topological polar surface area (TPSA) is 35.2 Å². The molecule has 0 saturated heterocycles. The fraction of sp³-hybridized carbons (Fsp3) is 0.538. The van der Waals surface area contributed by atoms with E-state index in [9.17, 15) is 0 Å². The van der Waals surface area contributed by atoms with Gasteiger partial charge in [0.2, 0.25) is 0 Å². The Bertz CT molecular complexity index is 361. The maximum Gasteiger partial charge on any atom is 0.121 e. The highest BCUT2D eigenvalue weighted by Gasteiger charge is 2.17. The summed E-state index contributed by atoms with van der Waals surface area (Å²) in [5.74, 6) is 0.878. The molecule has 0 amide bonds. The Morgan fingerprint density at radius 3 is 2.50 bits per heavy atom. The number of benzene rings is 1. The van der Waals surface area contributed by atoms with Crippen LogP contribution in [0.1, 0.15) is 45.7 Å². The van der Waals surface area contributed by atoms with E-state index in [0.717, 1.165) is 22.2 Å². The fourth-order valence-corrected chi connectivity index (χ4v) is 2.05. The van der Waals surface area contributed by atoms with Gasteiger partial charge in [0.25, 0.3) is 0 Å². The van der Waals surface area contributed by atoms with Crippen LogP contribution in [-0.4, -0.2) is 5.60 Å². The molecule has 0 aliphatic heterocycles. The fourth-order valence-electron chi connectivity index (χ4n) is 1.33. The molecule has 0 fully saturated rings. The standard InChI is InChI=1S/C13H20BrNO/c1-5-13(3,4)16-10-6-7-11(9(2)15)12(14)8-10/h6-9H,5,15H2,1-4H3/t9-/m1/s1. The maximum atomic E-state index is 5.90. The molecule has 0 unspecified atom stereocenters. The lowest BCUT2D eigenvalue weighted by molar-refractivity contribution is 0.105. The van der Waals surface area contributed by atoms with Crippen molar-refractivity contribution in [1.82, 2.24) is 0 Å². The maximum absolute atomic E-state index is 5.90. The van der Waals surface area contributed by atoms with Crippen molar-refractivity contribution < 1.29 is 4.74 Å². The summed E-state index contributed by atoms with van der Waals surface area (Å²) in [5, 5.41) is 0. The van der Waals surface area contributed by atoms with Gasteiger partial charge in [0.1, 0.15) is 11.4 Å². The van der Waals surface area contributed by atoms with E-state index in [0.29, 0.717) is 0 Å². The first-order valence-electron chi connectivity index (χ1n) is 5.60. The van der Waals surface area contributed by atoms with E-state index in [2.05, 4.69) is 36.7 Å². The van der Waals surface area contributed by atoms with Crippen LogP contribution in [0.2, 0.25) is 0 Å². The van der Waals surface area contributed by atoms with E-state index < -0.39 is 0 Å². The highest BCUT2D eigenvalue weighted by atomic mass is 79.9. The first-order valence-corrected chi connectivity index (χ1v) is 6.39. The molecule has 1 rings (SSSR count). The van der Waals surface area contributed by atoms with Crippen LogP contribution in [0.4, 0.5) is 0 Å². The lowest BCUT2D eigenvalue weighted by Gasteiger charge is -2.25. The molecule has 1 aromatic rings. The second-order valence-electron chi connectivity index (χ2n) is 4.69.